The minimum Gasteiger partial charge on any atom is -0.476 e. The second-order valence-corrected chi connectivity index (χ2v) is 3.16. The third-order valence-electron chi connectivity index (χ3n) is 2.29. The quantitative estimate of drug-likeness (QED) is 0.691. The van der Waals surface area contributed by atoms with Gasteiger partial charge in [-0.3, -0.25) is 10.00 Å². The van der Waals surface area contributed by atoms with Gasteiger partial charge in [-0.15, -0.1) is 0 Å². The van der Waals surface area contributed by atoms with Gasteiger partial charge in [0.05, 0.1) is 25.9 Å². The predicted octanol–water partition coefficient (Wildman–Crippen LogP) is 0.190. The van der Waals surface area contributed by atoms with Gasteiger partial charge in [0.25, 0.3) is 0 Å². The first-order chi connectivity index (χ1) is 7.13. The predicted molar refractivity (Wildman–Crippen MR) is 47.2 cm³/mol. The van der Waals surface area contributed by atoms with E-state index in [9.17, 15) is 9.59 Å². The van der Waals surface area contributed by atoms with Crippen LogP contribution < -0.4 is 0 Å². The molecule has 80 valence electrons. The number of nitrogens with one attached hydrogen (secondary N) is 1. The van der Waals surface area contributed by atoms with Crippen LogP contribution in [0.25, 0.3) is 0 Å². The first-order valence-corrected chi connectivity index (χ1v) is 4.25. The molecule has 2 heterocycles. The number of carboxylic acid groups (broad SMARTS) is 1. The van der Waals surface area contributed by atoms with Crippen LogP contribution in [0.4, 0.5) is 4.79 Å². The van der Waals surface area contributed by atoms with E-state index in [1.807, 2.05) is 0 Å². The van der Waals surface area contributed by atoms with E-state index >= 15 is 0 Å². The summed E-state index contributed by atoms with van der Waals surface area (Å²) >= 11 is 0. The number of carbonyl (C=O) groups excluding carboxylic acids is 1. The summed E-state index contributed by atoms with van der Waals surface area (Å²) in [5.74, 6) is -1.10. The zero-order valence-corrected chi connectivity index (χ0v) is 7.98. The number of aromatic amines is 1. The summed E-state index contributed by atoms with van der Waals surface area (Å²) in [6.45, 7) is 0.530. The van der Waals surface area contributed by atoms with Gasteiger partial charge in [-0.25, -0.2) is 9.59 Å². The van der Waals surface area contributed by atoms with Crippen molar-refractivity contribution in [1.82, 2.24) is 15.1 Å². The summed E-state index contributed by atoms with van der Waals surface area (Å²) < 4.78 is 4.54. The fourth-order valence-corrected chi connectivity index (χ4v) is 1.58. The van der Waals surface area contributed by atoms with E-state index < -0.39 is 12.1 Å². The molecule has 15 heavy (non-hydrogen) atoms. The number of carbonyl (C=O) groups is 2. The molecule has 1 amide bonds. The van der Waals surface area contributed by atoms with Crippen molar-refractivity contribution in [3.63, 3.8) is 0 Å². The zero-order chi connectivity index (χ0) is 11.0. The van der Waals surface area contributed by atoms with Crippen molar-refractivity contribution in [2.45, 2.75) is 13.1 Å². The Labute approximate surface area is 84.6 Å². The SMILES string of the molecule is COC(=O)N1Cc2[nH]nc(C(=O)O)c2C1. The van der Waals surface area contributed by atoms with Crippen molar-refractivity contribution in [1.29, 1.82) is 0 Å². The summed E-state index contributed by atoms with van der Waals surface area (Å²) in [4.78, 5) is 23.3. The number of rotatable bonds is 1. The monoisotopic (exact) mass is 211 g/mol. The molecule has 0 spiro atoms. The number of nitrogens with zero attached hydrogens (tertiary/aromatic N) is 2. The number of aromatic nitrogens is 2. The van der Waals surface area contributed by atoms with E-state index in [0.29, 0.717) is 17.8 Å². The molecule has 7 heteroatoms. The van der Waals surface area contributed by atoms with Crippen molar-refractivity contribution in [3.05, 3.63) is 17.0 Å². The summed E-state index contributed by atoms with van der Waals surface area (Å²) in [6.07, 6.45) is -0.476. The minimum absolute atomic E-state index is 0.0311. The first kappa shape index (κ1) is 9.50. The summed E-state index contributed by atoms with van der Waals surface area (Å²) in [5.41, 5.74) is 1.17. The van der Waals surface area contributed by atoms with Crippen molar-refractivity contribution in [3.8, 4) is 0 Å². The molecule has 0 aliphatic carbocycles. The topological polar surface area (TPSA) is 95.5 Å². The largest absolute Gasteiger partial charge is 0.476 e. The van der Waals surface area contributed by atoms with Crippen LogP contribution in [0.5, 0.6) is 0 Å². The number of hydrogen-bond acceptors (Lipinski definition) is 4. The molecule has 0 unspecified atom stereocenters. The molecule has 2 N–H and O–H groups in total. The summed E-state index contributed by atoms with van der Waals surface area (Å²) in [6, 6.07) is 0. The molecule has 1 aliphatic rings. The number of carboxylic acids is 1. The molecule has 7 nitrogen and oxygen atoms in total. The number of ether oxygens (including phenoxy) is 1. The third-order valence-corrected chi connectivity index (χ3v) is 2.29. The Bertz CT molecular complexity index is 426. The molecule has 0 saturated heterocycles. The number of fused-ring (bicyclic) bond motifs is 1. The van der Waals surface area contributed by atoms with Gasteiger partial charge >= 0.3 is 12.1 Å². The lowest BCUT2D eigenvalue weighted by molar-refractivity contribution is 0.0687. The van der Waals surface area contributed by atoms with Crippen LogP contribution in [0, 0.1) is 0 Å². The van der Waals surface area contributed by atoms with Gasteiger partial charge in [0.2, 0.25) is 0 Å². The Morgan fingerprint density at radius 1 is 1.53 bits per heavy atom. The highest BCUT2D eigenvalue weighted by molar-refractivity contribution is 5.87. The smallest absolute Gasteiger partial charge is 0.410 e. The minimum atomic E-state index is -1.10. The Hall–Kier alpha value is -2.05. The van der Waals surface area contributed by atoms with E-state index in [1.165, 1.54) is 12.0 Å². The molecular weight excluding hydrogens is 202 g/mol. The number of methoxy groups -OCH3 is 1. The van der Waals surface area contributed by atoms with Crippen LogP contribution in [0.15, 0.2) is 0 Å². The molecule has 1 aliphatic heterocycles. The van der Waals surface area contributed by atoms with Gasteiger partial charge < -0.3 is 9.84 Å². The molecule has 0 aromatic carbocycles. The second kappa shape index (κ2) is 3.26. The zero-order valence-electron chi connectivity index (χ0n) is 7.98. The van der Waals surface area contributed by atoms with Gasteiger partial charge in [0.15, 0.2) is 5.69 Å². The van der Waals surface area contributed by atoms with Gasteiger partial charge in [-0.1, -0.05) is 0 Å². The van der Waals surface area contributed by atoms with Gasteiger partial charge in [-0.2, -0.15) is 5.10 Å². The molecule has 0 radical (unpaired) electrons. The summed E-state index contributed by atoms with van der Waals surface area (Å²) in [7, 11) is 1.28. The Balaban J connectivity index is 2.24. The lowest BCUT2D eigenvalue weighted by Crippen LogP contribution is -2.25. The highest BCUT2D eigenvalue weighted by Crippen LogP contribution is 2.24. The lowest BCUT2D eigenvalue weighted by Gasteiger charge is -2.12. The standard InChI is InChI=1S/C8H9N3O4/c1-15-8(14)11-2-4-5(3-11)9-10-6(4)7(12)13/h2-3H2,1H3,(H,9,10)(H,12,13). The number of aromatic carboxylic acids is 1. The van der Waals surface area contributed by atoms with E-state index in [0.717, 1.165) is 0 Å². The Morgan fingerprint density at radius 2 is 2.27 bits per heavy atom. The molecule has 1 aromatic rings. The van der Waals surface area contributed by atoms with Crippen molar-refractivity contribution >= 4 is 12.1 Å². The molecule has 0 bridgehead atoms. The molecule has 2 rings (SSSR count). The van der Waals surface area contributed by atoms with Crippen LogP contribution in [0.2, 0.25) is 0 Å². The number of H-pyrrole nitrogens is 1. The molecule has 0 atom stereocenters. The van der Waals surface area contributed by atoms with Crippen LogP contribution in [-0.4, -0.2) is 39.4 Å². The van der Waals surface area contributed by atoms with E-state index in [2.05, 4.69) is 14.9 Å². The highest BCUT2D eigenvalue weighted by Gasteiger charge is 2.30. The summed E-state index contributed by atoms with van der Waals surface area (Å²) in [5, 5.41) is 15.1. The average Bonchev–Trinajstić information content (AvgIpc) is 2.73. The lowest BCUT2D eigenvalue weighted by atomic mass is 10.2. The van der Waals surface area contributed by atoms with E-state index in [4.69, 9.17) is 5.11 Å². The maximum atomic E-state index is 11.2. The molecule has 1 aromatic heterocycles. The van der Waals surface area contributed by atoms with E-state index in [1.54, 1.807) is 0 Å². The second-order valence-electron chi connectivity index (χ2n) is 3.16. The van der Waals surface area contributed by atoms with Gasteiger partial charge in [-0.05, 0) is 0 Å². The maximum absolute atomic E-state index is 11.2. The number of hydrogen-bond donors (Lipinski definition) is 2. The normalized spacial score (nSPS) is 13.8. The fourth-order valence-electron chi connectivity index (χ4n) is 1.58. The van der Waals surface area contributed by atoms with Crippen molar-refractivity contribution in [2.24, 2.45) is 0 Å². The van der Waals surface area contributed by atoms with Gasteiger partial charge in [0.1, 0.15) is 0 Å². The highest BCUT2D eigenvalue weighted by atomic mass is 16.5. The van der Waals surface area contributed by atoms with Crippen LogP contribution in [0.1, 0.15) is 21.7 Å². The van der Waals surface area contributed by atoms with Crippen LogP contribution in [0.3, 0.4) is 0 Å². The first-order valence-electron chi connectivity index (χ1n) is 4.25. The van der Waals surface area contributed by atoms with Crippen molar-refractivity contribution < 1.29 is 19.4 Å². The third kappa shape index (κ3) is 1.41. The molecular formula is C8H9N3O4. The Morgan fingerprint density at radius 3 is 2.87 bits per heavy atom. The average molecular weight is 211 g/mol. The molecule has 0 saturated carbocycles. The van der Waals surface area contributed by atoms with E-state index in [-0.39, 0.29) is 12.2 Å². The Kier molecular flexibility index (Phi) is 2.07. The van der Waals surface area contributed by atoms with Crippen molar-refractivity contribution in [2.75, 3.05) is 7.11 Å². The fraction of sp³-hybridized carbons (Fsp3) is 0.375. The number of amides is 1. The molecule has 0 fully saturated rings. The maximum Gasteiger partial charge on any atom is 0.410 e. The van der Waals surface area contributed by atoms with Crippen LogP contribution >= 0.6 is 0 Å². The van der Waals surface area contributed by atoms with Crippen LogP contribution in [-0.2, 0) is 17.8 Å². The van der Waals surface area contributed by atoms with Gasteiger partial charge in [0, 0.05) is 5.56 Å².